The Morgan fingerprint density at radius 1 is 1.31 bits per heavy atom. The molecule has 0 fully saturated rings. The first-order valence-corrected chi connectivity index (χ1v) is 3.49. The van der Waals surface area contributed by atoms with E-state index in [9.17, 15) is 0 Å². The molecule has 0 amide bonds. The van der Waals surface area contributed by atoms with Crippen LogP contribution in [-0.2, 0) is 0 Å². The molecule has 0 aromatic carbocycles. The fourth-order valence-electron chi connectivity index (χ4n) is 1.04. The highest BCUT2D eigenvalue weighted by Gasteiger charge is 2.10. The Morgan fingerprint density at radius 2 is 2.08 bits per heavy atom. The van der Waals surface area contributed by atoms with E-state index in [1.54, 1.807) is 0 Å². The summed E-state index contributed by atoms with van der Waals surface area (Å²) in [5.74, 6) is 0.212. The van der Waals surface area contributed by atoms with Gasteiger partial charge in [-0.1, -0.05) is 0 Å². The molecule has 0 saturated heterocycles. The molecule has 0 atom stereocenters. The number of aliphatic hydroxyl groups excluding tert-OH is 1. The molecule has 0 unspecified atom stereocenters. The summed E-state index contributed by atoms with van der Waals surface area (Å²) in [4.78, 5) is 11.4. The molecule has 13 heavy (non-hydrogen) atoms. The second kappa shape index (κ2) is 2.64. The highest BCUT2D eigenvalue weighted by atomic mass is 16.5. The maximum Gasteiger partial charge on any atom is 0.241 e. The average molecular weight is 181 g/mol. The molecule has 0 saturated carbocycles. The van der Waals surface area contributed by atoms with Crippen molar-refractivity contribution in [1.82, 2.24) is 19.5 Å². The minimum atomic E-state index is -1.67. The van der Waals surface area contributed by atoms with Crippen LogP contribution in [0.1, 0.15) is 6.41 Å². The van der Waals surface area contributed by atoms with Gasteiger partial charge in [0.2, 0.25) is 6.41 Å². The number of rotatable bonds is 1. The van der Waals surface area contributed by atoms with Gasteiger partial charge in [-0.05, 0) is 0 Å². The second-order valence-corrected chi connectivity index (χ2v) is 2.43. The molecule has 2 heterocycles. The van der Waals surface area contributed by atoms with E-state index in [2.05, 4.69) is 15.0 Å². The van der Waals surface area contributed by atoms with Gasteiger partial charge in [-0.2, -0.15) is 0 Å². The average Bonchev–Trinajstić information content (AvgIpc) is 2.48. The molecule has 68 valence electrons. The van der Waals surface area contributed by atoms with Crippen molar-refractivity contribution in [3.05, 3.63) is 12.7 Å². The third-order valence-corrected chi connectivity index (χ3v) is 1.64. The minimum Gasteiger partial charge on any atom is -0.382 e. The van der Waals surface area contributed by atoms with Crippen molar-refractivity contribution in [2.24, 2.45) is 0 Å². The van der Waals surface area contributed by atoms with Gasteiger partial charge in [0, 0.05) is 0 Å². The van der Waals surface area contributed by atoms with Crippen molar-refractivity contribution >= 4 is 17.0 Å². The van der Waals surface area contributed by atoms with E-state index < -0.39 is 6.41 Å². The Bertz CT molecular complexity index is 438. The third kappa shape index (κ3) is 1.10. The topological polar surface area (TPSA) is 110 Å². The van der Waals surface area contributed by atoms with Gasteiger partial charge in [0.15, 0.2) is 11.5 Å². The van der Waals surface area contributed by atoms with Crippen LogP contribution >= 0.6 is 0 Å². The van der Waals surface area contributed by atoms with Crippen LogP contribution < -0.4 is 5.73 Å². The van der Waals surface area contributed by atoms with E-state index in [1.807, 2.05) is 0 Å². The highest BCUT2D eigenvalue weighted by molar-refractivity contribution is 5.81. The Kier molecular flexibility index (Phi) is 1.61. The molecule has 7 nitrogen and oxygen atoms in total. The number of aromatic nitrogens is 4. The highest BCUT2D eigenvalue weighted by Crippen LogP contribution is 2.15. The molecule has 2 aromatic rings. The van der Waals surface area contributed by atoms with Gasteiger partial charge < -0.3 is 15.9 Å². The summed E-state index contributed by atoms with van der Waals surface area (Å²) in [7, 11) is 0. The van der Waals surface area contributed by atoms with Crippen LogP contribution in [0.3, 0.4) is 0 Å². The molecular weight excluding hydrogens is 174 g/mol. The molecule has 0 aliphatic carbocycles. The monoisotopic (exact) mass is 181 g/mol. The first-order chi connectivity index (χ1) is 6.20. The largest absolute Gasteiger partial charge is 0.382 e. The molecule has 0 bridgehead atoms. The lowest BCUT2D eigenvalue weighted by atomic mass is 10.5. The smallest absolute Gasteiger partial charge is 0.241 e. The summed E-state index contributed by atoms with van der Waals surface area (Å²) < 4.78 is 1.08. The van der Waals surface area contributed by atoms with Crippen molar-refractivity contribution in [2.45, 2.75) is 6.41 Å². The number of nitrogens with zero attached hydrogens (tertiary/aromatic N) is 4. The maximum absolute atomic E-state index is 8.88. The Balaban J connectivity index is 2.75. The summed E-state index contributed by atoms with van der Waals surface area (Å²) >= 11 is 0. The standard InChI is InChI=1S/C6H7N5O2/c7-4-3-5(9-1-8-4)11(2-10-3)6(12)13/h1-2,6,12-13H,(H2,7,8,9). The van der Waals surface area contributed by atoms with Crippen LogP contribution in [0.25, 0.3) is 11.2 Å². The Labute approximate surface area is 72.5 Å². The fourth-order valence-corrected chi connectivity index (χ4v) is 1.04. The lowest BCUT2D eigenvalue weighted by Gasteiger charge is -2.03. The van der Waals surface area contributed by atoms with E-state index in [1.165, 1.54) is 12.7 Å². The molecule has 4 N–H and O–H groups in total. The first-order valence-electron chi connectivity index (χ1n) is 3.49. The SMILES string of the molecule is Nc1ncnc2c1ncn2C(O)O. The van der Waals surface area contributed by atoms with Crippen LogP contribution in [0.15, 0.2) is 12.7 Å². The van der Waals surface area contributed by atoms with Crippen molar-refractivity contribution in [3.8, 4) is 0 Å². The predicted molar refractivity (Wildman–Crippen MR) is 43.2 cm³/mol. The lowest BCUT2D eigenvalue weighted by molar-refractivity contribution is -0.0993. The summed E-state index contributed by atoms with van der Waals surface area (Å²) in [5.41, 5.74) is 6.13. The third-order valence-electron chi connectivity index (χ3n) is 1.64. The maximum atomic E-state index is 8.88. The molecule has 0 spiro atoms. The van der Waals surface area contributed by atoms with Gasteiger partial charge in [0.1, 0.15) is 18.2 Å². The lowest BCUT2D eigenvalue weighted by Crippen LogP contribution is -2.06. The summed E-state index contributed by atoms with van der Waals surface area (Å²) in [6.45, 7) is 0. The van der Waals surface area contributed by atoms with E-state index in [0.29, 0.717) is 11.2 Å². The number of fused-ring (bicyclic) bond motifs is 1. The van der Waals surface area contributed by atoms with Crippen molar-refractivity contribution in [1.29, 1.82) is 0 Å². The van der Waals surface area contributed by atoms with Crippen LogP contribution in [0.2, 0.25) is 0 Å². The van der Waals surface area contributed by atoms with Gasteiger partial charge in [0.05, 0.1) is 0 Å². The molecule has 0 aliphatic rings. The molecular formula is C6H7N5O2. The number of nitrogen functional groups attached to an aromatic ring is 1. The van der Waals surface area contributed by atoms with Crippen molar-refractivity contribution < 1.29 is 10.2 Å². The van der Waals surface area contributed by atoms with Gasteiger partial charge in [-0.15, -0.1) is 0 Å². The second-order valence-electron chi connectivity index (χ2n) is 2.43. The summed E-state index contributed by atoms with van der Waals surface area (Å²) in [6.07, 6.45) is 0.804. The quantitative estimate of drug-likeness (QED) is 0.479. The van der Waals surface area contributed by atoms with E-state index in [4.69, 9.17) is 15.9 Å². The summed E-state index contributed by atoms with van der Waals surface area (Å²) in [6, 6.07) is 0. The molecule has 2 aromatic heterocycles. The molecule has 0 radical (unpaired) electrons. The number of hydrogen-bond acceptors (Lipinski definition) is 6. The van der Waals surface area contributed by atoms with Crippen molar-refractivity contribution in [2.75, 3.05) is 5.73 Å². The normalized spacial score (nSPS) is 11.3. The number of imidazole rings is 1. The zero-order valence-electron chi connectivity index (χ0n) is 6.49. The number of hydrogen-bond donors (Lipinski definition) is 3. The predicted octanol–water partition coefficient (Wildman–Crippen LogP) is -1.15. The number of aliphatic hydroxyl groups is 2. The summed E-state index contributed by atoms with van der Waals surface area (Å²) in [5, 5.41) is 17.8. The molecule has 2 rings (SSSR count). The molecule has 0 aliphatic heterocycles. The van der Waals surface area contributed by atoms with Gasteiger partial charge in [0.25, 0.3) is 0 Å². The first kappa shape index (κ1) is 7.90. The molecule has 7 heteroatoms. The van der Waals surface area contributed by atoms with Crippen molar-refractivity contribution in [3.63, 3.8) is 0 Å². The zero-order chi connectivity index (χ0) is 9.42. The van der Waals surface area contributed by atoms with Gasteiger partial charge in [-0.3, -0.25) is 4.57 Å². The van der Waals surface area contributed by atoms with E-state index in [0.717, 1.165) is 4.57 Å². The van der Waals surface area contributed by atoms with Gasteiger partial charge >= 0.3 is 0 Å². The Morgan fingerprint density at radius 3 is 2.77 bits per heavy atom. The van der Waals surface area contributed by atoms with E-state index in [-0.39, 0.29) is 5.82 Å². The minimum absolute atomic E-state index is 0.212. The van der Waals surface area contributed by atoms with Gasteiger partial charge in [-0.25, -0.2) is 15.0 Å². The Hall–Kier alpha value is -1.73. The van der Waals surface area contributed by atoms with Crippen LogP contribution in [0.5, 0.6) is 0 Å². The van der Waals surface area contributed by atoms with E-state index >= 15 is 0 Å². The zero-order valence-corrected chi connectivity index (χ0v) is 6.49. The number of anilines is 1. The number of nitrogens with two attached hydrogens (primary N) is 1. The van der Waals surface area contributed by atoms with Crippen LogP contribution in [0.4, 0.5) is 5.82 Å². The van der Waals surface area contributed by atoms with Crippen LogP contribution in [0, 0.1) is 0 Å². The van der Waals surface area contributed by atoms with Crippen LogP contribution in [-0.4, -0.2) is 29.7 Å². The fraction of sp³-hybridized carbons (Fsp3) is 0.167.